The van der Waals surface area contributed by atoms with Crippen molar-refractivity contribution in [2.75, 3.05) is 19.6 Å². The lowest BCUT2D eigenvalue weighted by Crippen LogP contribution is -2.51. The van der Waals surface area contributed by atoms with Crippen molar-refractivity contribution in [3.05, 3.63) is 0 Å². The summed E-state index contributed by atoms with van der Waals surface area (Å²) in [5.74, 6) is 1.70. The van der Waals surface area contributed by atoms with Crippen LogP contribution < -0.4 is 5.32 Å². The molecule has 3 heteroatoms. The molecule has 1 fully saturated rings. The highest BCUT2D eigenvalue weighted by Gasteiger charge is 2.29. The van der Waals surface area contributed by atoms with Crippen molar-refractivity contribution < 1.29 is 4.79 Å². The number of carbonyl (C=O) groups is 1. The topological polar surface area (TPSA) is 32.3 Å². The van der Waals surface area contributed by atoms with Gasteiger partial charge in [0.2, 0.25) is 5.91 Å². The lowest BCUT2D eigenvalue weighted by molar-refractivity contribution is -0.135. The number of hydrogen-bond donors (Lipinski definition) is 1. The van der Waals surface area contributed by atoms with Gasteiger partial charge in [0.25, 0.3) is 0 Å². The van der Waals surface area contributed by atoms with Crippen molar-refractivity contribution in [3.63, 3.8) is 0 Å². The standard InChI is InChI=1S/C16H32N2O/c1-5-13(6-2)12-18(8-4)16(19)15-11-14(7-3)9-10-17-15/h13-15,17H,5-12H2,1-4H3. The van der Waals surface area contributed by atoms with Crippen molar-refractivity contribution in [1.29, 1.82) is 0 Å². The molecule has 3 nitrogen and oxygen atoms in total. The van der Waals surface area contributed by atoms with Crippen LogP contribution in [0.3, 0.4) is 0 Å². The van der Waals surface area contributed by atoms with E-state index in [1.165, 1.54) is 12.8 Å². The van der Waals surface area contributed by atoms with Crippen LogP contribution in [0.2, 0.25) is 0 Å². The van der Waals surface area contributed by atoms with Gasteiger partial charge in [-0.15, -0.1) is 0 Å². The number of carbonyl (C=O) groups excluding carboxylic acids is 1. The van der Waals surface area contributed by atoms with Crippen LogP contribution in [0.1, 0.15) is 59.8 Å². The Bertz CT molecular complexity index is 263. The van der Waals surface area contributed by atoms with Gasteiger partial charge in [-0.3, -0.25) is 4.79 Å². The van der Waals surface area contributed by atoms with Gasteiger partial charge in [0.1, 0.15) is 0 Å². The maximum absolute atomic E-state index is 12.6. The highest BCUT2D eigenvalue weighted by molar-refractivity contribution is 5.82. The SMILES string of the molecule is CCC1CCNC(C(=O)N(CC)CC(CC)CC)C1. The third-order valence-corrected chi connectivity index (χ3v) is 4.71. The van der Waals surface area contributed by atoms with Crippen LogP contribution in [0.4, 0.5) is 0 Å². The van der Waals surface area contributed by atoms with Crippen molar-refractivity contribution in [1.82, 2.24) is 10.2 Å². The van der Waals surface area contributed by atoms with Crippen LogP contribution in [-0.2, 0) is 4.79 Å². The largest absolute Gasteiger partial charge is 0.341 e. The predicted octanol–water partition coefficient (Wildman–Crippen LogP) is 3.05. The maximum atomic E-state index is 12.6. The van der Waals surface area contributed by atoms with Crippen molar-refractivity contribution >= 4 is 5.91 Å². The molecule has 1 rings (SSSR count). The lowest BCUT2D eigenvalue weighted by atomic mass is 9.89. The second-order valence-electron chi connectivity index (χ2n) is 5.86. The van der Waals surface area contributed by atoms with Gasteiger partial charge in [0.05, 0.1) is 6.04 Å². The monoisotopic (exact) mass is 268 g/mol. The van der Waals surface area contributed by atoms with Gasteiger partial charge in [-0.05, 0) is 38.1 Å². The Morgan fingerprint density at radius 3 is 2.47 bits per heavy atom. The van der Waals surface area contributed by atoms with Gasteiger partial charge < -0.3 is 10.2 Å². The summed E-state index contributed by atoms with van der Waals surface area (Å²) in [6.07, 6.45) is 5.77. The third kappa shape index (κ3) is 4.79. The van der Waals surface area contributed by atoms with Gasteiger partial charge in [-0.2, -0.15) is 0 Å². The van der Waals surface area contributed by atoms with Gasteiger partial charge in [0.15, 0.2) is 0 Å². The molecule has 0 radical (unpaired) electrons. The normalized spacial score (nSPS) is 23.6. The molecule has 1 aliphatic rings. The Morgan fingerprint density at radius 2 is 1.95 bits per heavy atom. The van der Waals surface area contributed by atoms with E-state index in [0.29, 0.717) is 11.8 Å². The van der Waals surface area contributed by atoms with E-state index >= 15 is 0 Å². The van der Waals surface area contributed by atoms with Crippen LogP contribution in [0.25, 0.3) is 0 Å². The highest BCUT2D eigenvalue weighted by atomic mass is 16.2. The molecule has 0 spiro atoms. The molecule has 0 aliphatic carbocycles. The molecule has 1 saturated heterocycles. The smallest absolute Gasteiger partial charge is 0.239 e. The van der Waals surface area contributed by atoms with Crippen LogP contribution in [0.15, 0.2) is 0 Å². The molecule has 0 saturated carbocycles. The molecule has 2 atom stereocenters. The van der Waals surface area contributed by atoms with E-state index in [9.17, 15) is 4.79 Å². The minimum atomic E-state index is 0.0630. The summed E-state index contributed by atoms with van der Waals surface area (Å²) in [6.45, 7) is 11.5. The highest BCUT2D eigenvalue weighted by Crippen LogP contribution is 2.21. The summed E-state index contributed by atoms with van der Waals surface area (Å²) >= 11 is 0. The summed E-state index contributed by atoms with van der Waals surface area (Å²) in [5.41, 5.74) is 0. The number of hydrogen-bond acceptors (Lipinski definition) is 2. The first-order valence-corrected chi connectivity index (χ1v) is 8.18. The van der Waals surface area contributed by atoms with Crippen LogP contribution in [0, 0.1) is 11.8 Å². The summed E-state index contributed by atoms with van der Waals surface area (Å²) in [4.78, 5) is 14.7. The van der Waals surface area contributed by atoms with E-state index in [-0.39, 0.29) is 6.04 Å². The van der Waals surface area contributed by atoms with Crippen LogP contribution >= 0.6 is 0 Å². The fourth-order valence-corrected chi connectivity index (χ4v) is 3.01. The Morgan fingerprint density at radius 1 is 1.26 bits per heavy atom. The number of piperidine rings is 1. The van der Waals surface area contributed by atoms with E-state index in [2.05, 4.69) is 37.9 Å². The summed E-state index contributed by atoms with van der Waals surface area (Å²) in [5, 5.41) is 3.42. The fourth-order valence-electron chi connectivity index (χ4n) is 3.01. The summed E-state index contributed by atoms with van der Waals surface area (Å²) < 4.78 is 0. The average molecular weight is 268 g/mol. The van der Waals surface area contributed by atoms with Crippen LogP contribution in [0.5, 0.6) is 0 Å². The second kappa shape index (κ2) is 8.57. The first kappa shape index (κ1) is 16.5. The number of likely N-dealkylation sites (N-methyl/N-ethyl adjacent to an activating group) is 1. The number of nitrogens with zero attached hydrogens (tertiary/aromatic N) is 1. The number of nitrogens with one attached hydrogen (secondary N) is 1. The zero-order chi connectivity index (χ0) is 14.3. The molecule has 1 heterocycles. The molecule has 0 aromatic rings. The zero-order valence-corrected chi connectivity index (χ0v) is 13.2. The van der Waals surface area contributed by atoms with Gasteiger partial charge >= 0.3 is 0 Å². The number of amides is 1. The maximum Gasteiger partial charge on any atom is 0.239 e. The molecule has 0 bridgehead atoms. The van der Waals surface area contributed by atoms with E-state index in [1.807, 2.05) is 0 Å². The Hall–Kier alpha value is -0.570. The van der Waals surface area contributed by atoms with Crippen molar-refractivity contribution in [3.8, 4) is 0 Å². The van der Waals surface area contributed by atoms with Gasteiger partial charge in [-0.1, -0.05) is 40.0 Å². The minimum absolute atomic E-state index is 0.0630. The zero-order valence-electron chi connectivity index (χ0n) is 13.2. The molecular weight excluding hydrogens is 236 g/mol. The molecule has 0 aromatic heterocycles. The molecular formula is C16H32N2O. The second-order valence-corrected chi connectivity index (χ2v) is 5.86. The average Bonchev–Trinajstić information content (AvgIpc) is 2.48. The van der Waals surface area contributed by atoms with E-state index < -0.39 is 0 Å². The molecule has 1 N–H and O–H groups in total. The molecule has 1 aliphatic heterocycles. The molecule has 19 heavy (non-hydrogen) atoms. The third-order valence-electron chi connectivity index (χ3n) is 4.71. The molecule has 1 amide bonds. The summed E-state index contributed by atoms with van der Waals surface area (Å²) in [7, 11) is 0. The lowest BCUT2D eigenvalue weighted by Gasteiger charge is -2.34. The fraction of sp³-hybridized carbons (Fsp3) is 0.938. The Balaban J connectivity index is 2.56. The Kier molecular flexibility index (Phi) is 7.44. The first-order valence-electron chi connectivity index (χ1n) is 8.18. The minimum Gasteiger partial charge on any atom is -0.341 e. The molecule has 112 valence electrons. The Labute approximate surface area is 119 Å². The quantitative estimate of drug-likeness (QED) is 0.769. The van der Waals surface area contributed by atoms with Gasteiger partial charge in [0, 0.05) is 13.1 Å². The van der Waals surface area contributed by atoms with E-state index in [0.717, 1.165) is 44.8 Å². The summed E-state index contributed by atoms with van der Waals surface area (Å²) in [6, 6.07) is 0.0630. The predicted molar refractivity (Wildman–Crippen MR) is 81.1 cm³/mol. The number of rotatable bonds is 7. The van der Waals surface area contributed by atoms with Crippen molar-refractivity contribution in [2.45, 2.75) is 65.8 Å². The molecule has 0 aromatic carbocycles. The van der Waals surface area contributed by atoms with Crippen molar-refractivity contribution in [2.24, 2.45) is 11.8 Å². The van der Waals surface area contributed by atoms with E-state index in [1.54, 1.807) is 0 Å². The van der Waals surface area contributed by atoms with Crippen LogP contribution in [-0.4, -0.2) is 36.5 Å². The molecule has 2 unspecified atom stereocenters. The first-order chi connectivity index (χ1) is 9.15. The van der Waals surface area contributed by atoms with Gasteiger partial charge in [-0.25, -0.2) is 0 Å². The van der Waals surface area contributed by atoms with E-state index in [4.69, 9.17) is 0 Å².